The first-order valence-corrected chi connectivity index (χ1v) is 8.13. The van der Waals surface area contributed by atoms with Crippen LogP contribution in [-0.4, -0.2) is 26.8 Å². The second-order valence-corrected chi connectivity index (χ2v) is 6.35. The minimum Gasteiger partial charge on any atom is -0.504 e. The number of hydrogen-bond acceptors (Lipinski definition) is 3. The predicted octanol–water partition coefficient (Wildman–Crippen LogP) is 3.18. The predicted molar refractivity (Wildman–Crippen MR) is 94.8 cm³/mol. The van der Waals surface area contributed by atoms with E-state index in [0.717, 1.165) is 16.7 Å². The Kier molecular flexibility index (Phi) is 4.59. The fraction of sp³-hybridized carbons (Fsp3) is 0.235. The maximum atomic E-state index is 9.92. The second-order valence-electron chi connectivity index (χ2n) is 5.53. The van der Waals surface area contributed by atoms with Crippen molar-refractivity contribution < 1.29 is 10.2 Å². The molecule has 1 aliphatic rings. The normalized spacial score (nSPS) is 13.5. The number of phenols is 2. The molecule has 0 spiro atoms. The largest absolute Gasteiger partial charge is 0.504 e. The van der Waals surface area contributed by atoms with Crippen LogP contribution in [0.15, 0.2) is 36.4 Å². The van der Waals surface area contributed by atoms with E-state index in [9.17, 15) is 10.2 Å². The average molecular weight is 349 g/mol. The number of phenolic OH excluding ortho intramolecular Hbond substituents is 2. The van der Waals surface area contributed by atoms with E-state index in [1.165, 1.54) is 6.07 Å². The summed E-state index contributed by atoms with van der Waals surface area (Å²) in [6.45, 7) is 1.93. The molecule has 1 heterocycles. The van der Waals surface area contributed by atoms with Gasteiger partial charge in [-0.15, -0.1) is 0 Å². The summed E-state index contributed by atoms with van der Waals surface area (Å²) in [6.07, 6.45) is 0.647. The Labute approximate surface area is 145 Å². The van der Waals surface area contributed by atoms with Crippen molar-refractivity contribution in [2.24, 2.45) is 0 Å². The lowest BCUT2D eigenvalue weighted by atomic mass is 9.98. The lowest BCUT2D eigenvalue weighted by Gasteiger charge is -2.31. The molecule has 0 fully saturated rings. The van der Waals surface area contributed by atoms with Crippen molar-refractivity contribution in [3.63, 3.8) is 0 Å². The number of rotatable bonds is 2. The van der Waals surface area contributed by atoms with Crippen molar-refractivity contribution in [3.8, 4) is 11.5 Å². The van der Waals surface area contributed by atoms with Crippen LogP contribution in [0.1, 0.15) is 16.7 Å². The van der Waals surface area contributed by atoms with Crippen LogP contribution >= 0.6 is 23.8 Å². The third-order valence-corrected chi connectivity index (χ3v) is 4.61. The molecule has 0 bridgehead atoms. The minimum atomic E-state index is -0.0705. The third kappa shape index (κ3) is 3.51. The van der Waals surface area contributed by atoms with Gasteiger partial charge < -0.3 is 20.4 Å². The summed E-state index contributed by atoms with van der Waals surface area (Å²) in [5.74, 6) is -0.0844. The third-order valence-electron chi connectivity index (χ3n) is 3.97. The van der Waals surface area contributed by atoms with Crippen molar-refractivity contribution >= 4 is 28.9 Å². The van der Waals surface area contributed by atoms with Gasteiger partial charge in [-0.3, -0.25) is 0 Å². The molecule has 0 radical (unpaired) electrons. The summed E-state index contributed by atoms with van der Waals surface area (Å²) in [4.78, 5) is 2.05. The molecule has 3 rings (SSSR count). The maximum Gasteiger partial charge on any atom is 0.169 e. The lowest BCUT2D eigenvalue weighted by molar-refractivity contribution is 0.362. The van der Waals surface area contributed by atoms with Crippen LogP contribution in [-0.2, 0) is 19.5 Å². The quantitative estimate of drug-likeness (QED) is 0.575. The monoisotopic (exact) mass is 348 g/mol. The van der Waals surface area contributed by atoms with Crippen molar-refractivity contribution in [1.82, 2.24) is 10.2 Å². The minimum absolute atomic E-state index is 0.0139. The Bertz CT molecular complexity index is 751. The molecular weight excluding hydrogens is 332 g/mol. The molecule has 23 heavy (non-hydrogen) atoms. The van der Waals surface area contributed by atoms with E-state index in [4.69, 9.17) is 23.8 Å². The van der Waals surface area contributed by atoms with E-state index in [0.29, 0.717) is 36.2 Å². The summed E-state index contributed by atoms with van der Waals surface area (Å²) < 4.78 is 0. The fourth-order valence-corrected chi connectivity index (χ4v) is 3.17. The van der Waals surface area contributed by atoms with E-state index >= 15 is 0 Å². The van der Waals surface area contributed by atoms with Gasteiger partial charge in [-0.25, -0.2) is 0 Å². The molecule has 6 heteroatoms. The van der Waals surface area contributed by atoms with Gasteiger partial charge in [-0.05, 0) is 48.0 Å². The number of nitrogens with zero attached hydrogens (tertiary/aromatic N) is 1. The van der Waals surface area contributed by atoms with Crippen molar-refractivity contribution in [2.75, 3.05) is 6.54 Å². The Morgan fingerprint density at radius 3 is 2.87 bits per heavy atom. The van der Waals surface area contributed by atoms with Crippen molar-refractivity contribution in [3.05, 3.63) is 58.1 Å². The van der Waals surface area contributed by atoms with Gasteiger partial charge in [-0.1, -0.05) is 29.8 Å². The Balaban J connectivity index is 1.64. The summed E-state index contributed by atoms with van der Waals surface area (Å²) >= 11 is 11.4. The Hall–Kier alpha value is -1.98. The molecule has 0 saturated heterocycles. The lowest BCUT2D eigenvalue weighted by Crippen LogP contribution is -2.42. The van der Waals surface area contributed by atoms with Crippen molar-refractivity contribution in [2.45, 2.75) is 19.5 Å². The number of aromatic hydroxyl groups is 2. The number of benzene rings is 2. The summed E-state index contributed by atoms with van der Waals surface area (Å²) in [5, 5.41) is 24.1. The van der Waals surface area contributed by atoms with Crippen LogP contribution in [0, 0.1) is 0 Å². The number of halogens is 1. The first-order chi connectivity index (χ1) is 11.0. The molecule has 1 aliphatic heterocycles. The number of thiocarbonyl (C=S) groups is 1. The zero-order valence-corrected chi connectivity index (χ0v) is 14.0. The standard InChI is InChI=1S/C17H17ClN2O2S/c18-13-3-1-2-11(8-13)9-19-17(23)20-7-6-14-12(10-20)4-5-15(21)16(14)22/h1-5,8,21-22H,6-7,9-10H2,(H,19,23). The molecule has 0 unspecified atom stereocenters. The molecule has 3 N–H and O–H groups in total. The van der Waals surface area contributed by atoms with Crippen LogP contribution < -0.4 is 5.32 Å². The van der Waals surface area contributed by atoms with Gasteiger partial charge in [0.25, 0.3) is 0 Å². The molecule has 2 aromatic rings. The Morgan fingerprint density at radius 1 is 1.26 bits per heavy atom. The van der Waals surface area contributed by atoms with Crippen LogP contribution in [0.5, 0.6) is 11.5 Å². The van der Waals surface area contributed by atoms with Gasteiger partial charge in [0.05, 0.1) is 0 Å². The van der Waals surface area contributed by atoms with E-state index in [1.54, 1.807) is 0 Å². The van der Waals surface area contributed by atoms with Crippen LogP contribution in [0.25, 0.3) is 0 Å². The molecule has 2 aromatic carbocycles. The van der Waals surface area contributed by atoms with E-state index in [1.807, 2.05) is 30.3 Å². The summed E-state index contributed by atoms with van der Waals surface area (Å²) in [5.41, 5.74) is 2.86. The second kappa shape index (κ2) is 6.64. The molecule has 120 valence electrons. The highest BCUT2D eigenvalue weighted by atomic mass is 35.5. The first-order valence-electron chi connectivity index (χ1n) is 7.34. The number of fused-ring (bicyclic) bond motifs is 1. The molecule has 0 atom stereocenters. The number of nitrogens with one attached hydrogen (secondary N) is 1. The van der Waals surface area contributed by atoms with Crippen LogP contribution in [0.4, 0.5) is 0 Å². The van der Waals surface area contributed by atoms with Gasteiger partial charge in [0.15, 0.2) is 16.6 Å². The van der Waals surface area contributed by atoms with Gasteiger partial charge in [-0.2, -0.15) is 0 Å². The molecule has 0 saturated carbocycles. The zero-order chi connectivity index (χ0) is 16.4. The van der Waals surface area contributed by atoms with Crippen molar-refractivity contribution in [1.29, 1.82) is 0 Å². The van der Waals surface area contributed by atoms with Gasteiger partial charge in [0.1, 0.15) is 0 Å². The Morgan fingerprint density at radius 2 is 2.09 bits per heavy atom. The van der Waals surface area contributed by atoms with Gasteiger partial charge in [0, 0.05) is 30.2 Å². The van der Waals surface area contributed by atoms with Gasteiger partial charge in [0.2, 0.25) is 0 Å². The SMILES string of the molecule is Oc1ccc2c(c1O)CCN(C(=S)NCc1cccc(Cl)c1)C2. The molecular formula is C17H17ClN2O2S. The highest BCUT2D eigenvalue weighted by Gasteiger charge is 2.22. The van der Waals surface area contributed by atoms with E-state index in [-0.39, 0.29) is 11.5 Å². The van der Waals surface area contributed by atoms with Gasteiger partial charge >= 0.3 is 0 Å². The average Bonchev–Trinajstić information content (AvgIpc) is 2.56. The fourth-order valence-electron chi connectivity index (χ4n) is 2.73. The topological polar surface area (TPSA) is 55.7 Å². The van der Waals surface area contributed by atoms with Crippen LogP contribution in [0.3, 0.4) is 0 Å². The summed E-state index contributed by atoms with van der Waals surface area (Å²) in [6, 6.07) is 11.0. The first kappa shape index (κ1) is 15.9. The summed E-state index contributed by atoms with van der Waals surface area (Å²) in [7, 11) is 0. The van der Waals surface area contributed by atoms with E-state index in [2.05, 4.69) is 10.2 Å². The smallest absolute Gasteiger partial charge is 0.169 e. The number of hydrogen-bond donors (Lipinski definition) is 3. The maximum absolute atomic E-state index is 9.92. The van der Waals surface area contributed by atoms with E-state index < -0.39 is 0 Å². The highest BCUT2D eigenvalue weighted by molar-refractivity contribution is 7.80. The molecule has 0 aliphatic carbocycles. The molecule has 0 amide bonds. The highest BCUT2D eigenvalue weighted by Crippen LogP contribution is 2.34. The zero-order valence-electron chi connectivity index (χ0n) is 12.4. The molecule has 4 nitrogen and oxygen atoms in total. The van der Waals surface area contributed by atoms with Crippen LogP contribution in [0.2, 0.25) is 5.02 Å². The molecule has 0 aromatic heterocycles.